The molecule has 6 nitrogen and oxygen atoms in total. The van der Waals surface area contributed by atoms with Crippen LogP contribution in [0.2, 0.25) is 0 Å². The van der Waals surface area contributed by atoms with Gasteiger partial charge in [0.05, 0.1) is 0 Å². The summed E-state index contributed by atoms with van der Waals surface area (Å²) in [7, 11) is 1.77. The third-order valence-electron chi connectivity index (χ3n) is 5.11. The van der Waals surface area contributed by atoms with Gasteiger partial charge in [-0.1, -0.05) is 24.1 Å². The highest BCUT2D eigenvalue weighted by Gasteiger charge is 2.27. The minimum absolute atomic E-state index is 0. The van der Waals surface area contributed by atoms with Gasteiger partial charge < -0.3 is 16.0 Å². The van der Waals surface area contributed by atoms with Gasteiger partial charge in [-0.3, -0.25) is 14.7 Å². The smallest absolute Gasteiger partial charge is 0.251 e. The molecule has 1 aliphatic rings. The zero-order valence-electron chi connectivity index (χ0n) is 17.7. The molecule has 7 heteroatoms. The molecule has 0 spiro atoms. The number of hydrogen-bond donors (Lipinski definition) is 3. The van der Waals surface area contributed by atoms with Crippen molar-refractivity contribution in [2.24, 2.45) is 4.99 Å². The van der Waals surface area contributed by atoms with Crippen molar-refractivity contribution in [1.82, 2.24) is 20.9 Å². The number of likely N-dealkylation sites (tertiary alicyclic amines) is 1. The first-order valence-electron chi connectivity index (χ1n) is 9.97. The van der Waals surface area contributed by atoms with Crippen LogP contribution in [0.5, 0.6) is 0 Å². The predicted octanol–water partition coefficient (Wildman–Crippen LogP) is 2.77. The van der Waals surface area contributed by atoms with Gasteiger partial charge in [-0.25, -0.2) is 0 Å². The first-order chi connectivity index (χ1) is 12.9. The summed E-state index contributed by atoms with van der Waals surface area (Å²) in [6, 6.07) is 7.61. The monoisotopic (exact) mass is 501 g/mol. The van der Waals surface area contributed by atoms with Crippen LogP contribution in [0.3, 0.4) is 0 Å². The van der Waals surface area contributed by atoms with E-state index >= 15 is 0 Å². The number of carbonyl (C=O) groups is 1. The van der Waals surface area contributed by atoms with E-state index in [0.29, 0.717) is 18.7 Å². The number of aliphatic imine (C=N–C) groups is 1. The normalized spacial score (nSPS) is 15.5. The number of piperidine rings is 1. The first kappa shape index (κ1) is 24.7. The van der Waals surface area contributed by atoms with Gasteiger partial charge in [-0.15, -0.1) is 24.0 Å². The molecule has 0 bridgehead atoms. The fourth-order valence-electron chi connectivity index (χ4n) is 3.38. The SMILES string of the molecule is CN=C(NCCNC(=O)c1cccc(C)c1)NCC(C)(C)N1CCCCC1.I. The van der Waals surface area contributed by atoms with Crippen molar-refractivity contribution in [3.05, 3.63) is 35.4 Å². The van der Waals surface area contributed by atoms with Crippen molar-refractivity contribution in [3.8, 4) is 0 Å². The number of guanidine groups is 1. The van der Waals surface area contributed by atoms with Gasteiger partial charge in [0.15, 0.2) is 5.96 Å². The summed E-state index contributed by atoms with van der Waals surface area (Å²) >= 11 is 0. The second-order valence-electron chi connectivity index (χ2n) is 7.84. The second-order valence-corrected chi connectivity index (χ2v) is 7.84. The molecule has 1 heterocycles. The summed E-state index contributed by atoms with van der Waals surface area (Å²) in [6.07, 6.45) is 3.92. The Kier molecular flexibility index (Phi) is 10.8. The number of halogens is 1. The number of aryl methyl sites for hydroxylation is 1. The maximum Gasteiger partial charge on any atom is 0.251 e. The lowest BCUT2D eigenvalue weighted by atomic mass is 9.98. The molecule has 1 fully saturated rings. The lowest BCUT2D eigenvalue weighted by molar-refractivity contribution is 0.0954. The molecule has 1 amide bonds. The molecular formula is C21H36IN5O. The van der Waals surface area contributed by atoms with E-state index in [0.717, 1.165) is 18.1 Å². The zero-order chi connectivity index (χ0) is 19.7. The maximum atomic E-state index is 12.2. The molecule has 0 unspecified atom stereocenters. The third-order valence-corrected chi connectivity index (χ3v) is 5.11. The van der Waals surface area contributed by atoms with Crippen LogP contribution in [0, 0.1) is 6.92 Å². The Hall–Kier alpha value is -1.35. The molecule has 0 aromatic heterocycles. The van der Waals surface area contributed by atoms with Gasteiger partial charge in [0.1, 0.15) is 0 Å². The zero-order valence-corrected chi connectivity index (χ0v) is 20.0. The largest absolute Gasteiger partial charge is 0.355 e. The van der Waals surface area contributed by atoms with Crippen LogP contribution in [0.15, 0.2) is 29.3 Å². The van der Waals surface area contributed by atoms with E-state index in [1.165, 1.54) is 32.4 Å². The van der Waals surface area contributed by atoms with Crippen LogP contribution in [-0.2, 0) is 0 Å². The van der Waals surface area contributed by atoms with Crippen LogP contribution >= 0.6 is 24.0 Å². The third kappa shape index (κ3) is 7.95. The molecule has 158 valence electrons. The number of amides is 1. The number of nitrogens with zero attached hydrogens (tertiary/aromatic N) is 2. The van der Waals surface area contributed by atoms with Gasteiger partial charge >= 0.3 is 0 Å². The topological polar surface area (TPSA) is 68.8 Å². The first-order valence-corrected chi connectivity index (χ1v) is 9.97. The summed E-state index contributed by atoms with van der Waals surface area (Å²) < 4.78 is 0. The lowest BCUT2D eigenvalue weighted by Gasteiger charge is -2.41. The summed E-state index contributed by atoms with van der Waals surface area (Å²) in [5.41, 5.74) is 1.87. The number of carbonyl (C=O) groups excluding carboxylic acids is 1. The van der Waals surface area contributed by atoms with Gasteiger partial charge in [0.25, 0.3) is 5.91 Å². The molecule has 1 aliphatic heterocycles. The van der Waals surface area contributed by atoms with Gasteiger partial charge in [0.2, 0.25) is 0 Å². The van der Waals surface area contributed by atoms with Crippen LogP contribution in [0.25, 0.3) is 0 Å². The highest BCUT2D eigenvalue weighted by atomic mass is 127. The van der Waals surface area contributed by atoms with Crippen molar-refractivity contribution in [2.45, 2.75) is 45.6 Å². The number of rotatable bonds is 7. The van der Waals surface area contributed by atoms with Crippen LogP contribution < -0.4 is 16.0 Å². The van der Waals surface area contributed by atoms with Gasteiger partial charge in [0, 0.05) is 37.8 Å². The van der Waals surface area contributed by atoms with E-state index in [4.69, 9.17) is 0 Å². The average molecular weight is 501 g/mol. The average Bonchev–Trinajstić information content (AvgIpc) is 2.68. The molecule has 28 heavy (non-hydrogen) atoms. The van der Waals surface area contributed by atoms with Crippen molar-refractivity contribution >= 4 is 35.8 Å². The molecule has 0 aliphatic carbocycles. The number of benzene rings is 1. The molecule has 0 radical (unpaired) electrons. The summed E-state index contributed by atoms with van der Waals surface area (Å²) in [6.45, 7) is 10.9. The molecule has 0 atom stereocenters. The van der Waals surface area contributed by atoms with Crippen molar-refractivity contribution in [1.29, 1.82) is 0 Å². The van der Waals surface area contributed by atoms with E-state index in [9.17, 15) is 4.79 Å². The minimum Gasteiger partial charge on any atom is -0.355 e. The fourth-order valence-corrected chi connectivity index (χ4v) is 3.38. The highest BCUT2D eigenvalue weighted by molar-refractivity contribution is 14.0. The maximum absolute atomic E-state index is 12.2. The van der Waals surface area contributed by atoms with Crippen LogP contribution in [-0.4, -0.2) is 62.1 Å². The minimum atomic E-state index is -0.0466. The molecule has 0 saturated carbocycles. The summed E-state index contributed by atoms with van der Waals surface area (Å²) in [4.78, 5) is 19.0. The number of nitrogens with one attached hydrogen (secondary N) is 3. The van der Waals surface area contributed by atoms with E-state index in [2.05, 4.69) is 39.7 Å². The van der Waals surface area contributed by atoms with Gasteiger partial charge in [-0.05, 0) is 58.8 Å². The predicted molar refractivity (Wildman–Crippen MR) is 128 cm³/mol. The van der Waals surface area contributed by atoms with Crippen LogP contribution in [0.4, 0.5) is 0 Å². The Morgan fingerprint density at radius 1 is 1.11 bits per heavy atom. The molecule has 2 rings (SSSR count). The van der Waals surface area contributed by atoms with Crippen LogP contribution in [0.1, 0.15) is 49.0 Å². The lowest BCUT2D eigenvalue weighted by Crippen LogP contribution is -2.55. The van der Waals surface area contributed by atoms with E-state index in [1.807, 2.05) is 31.2 Å². The van der Waals surface area contributed by atoms with Gasteiger partial charge in [-0.2, -0.15) is 0 Å². The Labute approximate surface area is 187 Å². The molecule has 1 saturated heterocycles. The van der Waals surface area contributed by atoms with Crippen molar-refractivity contribution in [3.63, 3.8) is 0 Å². The van der Waals surface area contributed by atoms with E-state index in [1.54, 1.807) is 7.05 Å². The molecular weight excluding hydrogens is 465 g/mol. The Bertz CT molecular complexity index is 641. The summed E-state index contributed by atoms with van der Waals surface area (Å²) in [5.74, 6) is 0.722. The molecule has 3 N–H and O–H groups in total. The Balaban J connectivity index is 0.00000392. The Morgan fingerprint density at radius 2 is 1.79 bits per heavy atom. The molecule has 1 aromatic carbocycles. The van der Waals surface area contributed by atoms with Crippen molar-refractivity contribution < 1.29 is 4.79 Å². The number of hydrogen-bond acceptors (Lipinski definition) is 3. The van der Waals surface area contributed by atoms with E-state index < -0.39 is 0 Å². The van der Waals surface area contributed by atoms with Crippen molar-refractivity contribution in [2.75, 3.05) is 39.8 Å². The fraction of sp³-hybridized carbons (Fsp3) is 0.619. The molecule has 1 aromatic rings. The second kappa shape index (κ2) is 12.3. The summed E-state index contributed by atoms with van der Waals surface area (Å²) in [5, 5.41) is 9.62. The highest BCUT2D eigenvalue weighted by Crippen LogP contribution is 2.19. The van der Waals surface area contributed by atoms with E-state index in [-0.39, 0.29) is 35.4 Å². The Morgan fingerprint density at radius 3 is 2.43 bits per heavy atom. The quantitative estimate of drug-likeness (QED) is 0.233. The standard InChI is InChI=1S/C21H35N5O.HI/c1-17-9-8-10-18(15-17)19(27)23-11-12-24-20(22-4)25-16-21(2,3)26-13-6-5-7-14-26;/h8-10,15H,5-7,11-14,16H2,1-4H3,(H,23,27)(H2,22,24,25);1H.